The van der Waals surface area contributed by atoms with Gasteiger partial charge in [0.05, 0.1) is 0 Å². The number of nitrogens with zero attached hydrogens (tertiary/aromatic N) is 2. The van der Waals surface area contributed by atoms with Gasteiger partial charge in [0, 0.05) is 49.1 Å². The fraction of sp³-hybridized carbons (Fsp3) is 0.667. The molecule has 96 valence electrons. The molecule has 1 aromatic heterocycles. The number of rotatable bonds is 0. The molecule has 4 heterocycles. The van der Waals surface area contributed by atoms with Crippen LogP contribution in [-0.2, 0) is 6.54 Å². The third-order valence-corrected chi connectivity index (χ3v) is 5.14. The second kappa shape index (κ2) is 3.95. The number of hydrogen-bond donors (Lipinski definition) is 0. The van der Waals surface area contributed by atoms with Crippen molar-refractivity contribution in [1.82, 2.24) is 9.47 Å². The molecule has 0 N–H and O–H groups in total. The molecule has 4 rings (SSSR count). The van der Waals surface area contributed by atoms with Crippen molar-refractivity contribution < 1.29 is 0 Å². The van der Waals surface area contributed by atoms with Crippen molar-refractivity contribution in [3.63, 3.8) is 0 Å². The molecule has 0 aliphatic carbocycles. The molecule has 18 heavy (non-hydrogen) atoms. The molecule has 2 fully saturated rings. The number of pyridine rings is 1. The van der Waals surface area contributed by atoms with Crippen LogP contribution in [0.1, 0.15) is 37.3 Å². The van der Waals surface area contributed by atoms with Gasteiger partial charge in [-0.3, -0.25) is 9.69 Å². The minimum Gasteiger partial charge on any atom is -0.350 e. The Bertz CT molecular complexity index is 521. The number of piperidine rings is 2. The van der Waals surface area contributed by atoms with Gasteiger partial charge in [0.1, 0.15) is 0 Å². The lowest BCUT2D eigenvalue weighted by atomic mass is 9.75. The zero-order valence-corrected chi connectivity index (χ0v) is 10.7. The van der Waals surface area contributed by atoms with Crippen LogP contribution < -0.4 is 5.43 Å². The van der Waals surface area contributed by atoms with Crippen LogP contribution in [-0.4, -0.2) is 28.6 Å². The van der Waals surface area contributed by atoms with Crippen LogP contribution in [0.4, 0.5) is 0 Å². The van der Waals surface area contributed by atoms with Crippen molar-refractivity contribution in [2.75, 3.05) is 13.1 Å². The molecule has 0 amide bonds. The molecule has 1 aromatic rings. The Morgan fingerprint density at radius 2 is 2.17 bits per heavy atom. The zero-order chi connectivity index (χ0) is 12.1. The van der Waals surface area contributed by atoms with Gasteiger partial charge in [-0.2, -0.15) is 0 Å². The first-order valence-corrected chi connectivity index (χ1v) is 7.26. The summed E-state index contributed by atoms with van der Waals surface area (Å²) in [4.78, 5) is 14.3. The maximum atomic E-state index is 11.6. The molecule has 3 aliphatic heterocycles. The van der Waals surface area contributed by atoms with E-state index in [0.717, 1.165) is 18.5 Å². The van der Waals surface area contributed by atoms with Crippen LogP contribution in [0.15, 0.2) is 23.1 Å². The molecule has 0 spiro atoms. The summed E-state index contributed by atoms with van der Waals surface area (Å²) in [7, 11) is 0. The van der Waals surface area contributed by atoms with Crippen LogP contribution in [0.25, 0.3) is 0 Å². The summed E-state index contributed by atoms with van der Waals surface area (Å²) in [6.07, 6.45) is 7.45. The Kier molecular flexibility index (Phi) is 2.37. The summed E-state index contributed by atoms with van der Waals surface area (Å²) in [5, 5.41) is 0. The van der Waals surface area contributed by atoms with Gasteiger partial charge in [0.2, 0.25) is 0 Å². The van der Waals surface area contributed by atoms with E-state index >= 15 is 0 Å². The molecule has 2 bridgehead atoms. The van der Waals surface area contributed by atoms with Gasteiger partial charge in [-0.15, -0.1) is 0 Å². The molecule has 0 saturated carbocycles. The lowest BCUT2D eigenvalue weighted by molar-refractivity contribution is 0.0255. The monoisotopic (exact) mass is 244 g/mol. The third-order valence-electron chi connectivity index (χ3n) is 5.14. The molecule has 2 saturated heterocycles. The van der Waals surface area contributed by atoms with Crippen molar-refractivity contribution in [2.24, 2.45) is 5.92 Å². The van der Waals surface area contributed by atoms with E-state index in [0.29, 0.717) is 5.92 Å². The lowest BCUT2D eigenvalue weighted by Crippen LogP contribution is -2.53. The largest absolute Gasteiger partial charge is 0.350 e. The number of aromatic nitrogens is 1. The minimum absolute atomic E-state index is 0.167. The summed E-state index contributed by atoms with van der Waals surface area (Å²) in [5.74, 6) is 1.39. The average molecular weight is 244 g/mol. The third kappa shape index (κ3) is 1.57. The van der Waals surface area contributed by atoms with Crippen molar-refractivity contribution in [3.05, 3.63) is 34.2 Å². The van der Waals surface area contributed by atoms with Crippen LogP contribution in [0.2, 0.25) is 0 Å². The molecule has 0 aromatic carbocycles. The molecule has 3 atom stereocenters. The van der Waals surface area contributed by atoms with Gasteiger partial charge in [0.15, 0.2) is 5.43 Å². The first-order chi connectivity index (χ1) is 8.81. The normalized spacial score (nSPS) is 34.8. The SMILES string of the molecule is O=c1ccn2c(c1)[C@H]1C[C@@H](C2)[C@@H]2CCCCN2C1. The minimum atomic E-state index is 0.167. The predicted octanol–water partition coefficient (Wildman–Crippen LogP) is 1.82. The Balaban J connectivity index is 1.74. The van der Waals surface area contributed by atoms with E-state index in [2.05, 4.69) is 9.47 Å². The highest BCUT2D eigenvalue weighted by molar-refractivity contribution is 5.18. The van der Waals surface area contributed by atoms with Crippen molar-refractivity contribution in [2.45, 2.75) is 44.2 Å². The van der Waals surface area contributed by atoms with Crippen molar-refractivity contribution in [1.29, 1.82) is 0 Å². The maximum absolute atomic E-state index is 11.6. The number of fused-ring (bicyclic) bond motifs is 6. The van der Waals surface area contributed by atoms with Crippen LogP contribution in [0.3, 0.4) is 0 Å². The second-order valence-corrected chi connectivity index (χ2v) is 6.19. The topological polar surface area (TPSA) is 25.2 Å². The van der Waals surface area contributed by atoms with Gasteiger partial charge in [0.25, 0.3) is 0 Å². The summed E-state index contributed by atoms with van der Waals surface area (Å²) in [5.41, 5.74) is 1.45. The van der Waals surface area contributed by atoms with E-state index < -0.39 is 0 Å². The quantitative estimate of drug-likeness (QED) is 0.695. The van der Waals surface area contributed by atoms with Gasteiger partial charge in [-0.1, -0.05) is 6.42 Å². The van der Waals surface area contributed by atoms with Crippen LogP contribution >= 0.6 is 0 Å². The molecule has 3 heteroatoms. The predicted molar refractivity (Wildman–Crippen MR) is 70.8 cm³/mol. The fourth-order valence-corrected chi connectivity index (χ4v) is 4.37. The summed E-state index contributed by atoms with van der Waals surface area (Å²) < 4.78 is 2.34. The summed E-state index contributed by atoms with van der Waals surface area (Å²) in [6.45, 7) is 3.56. The Hall–Kier alpha value is -1.09. The standard InChI is InChI=1S/C15H20N2O/c18-13-4-6-17-9-11-7-12(15(17)8-13)10-16-5-2-1-3-14(11)16/h4,6,8,11-12,14H,1-3,5,7,9-10H2/t11-,12-,14-/m0/s1. The van der Waals surface area contributed by atoms with Gasteiger partial charge < -0.3 is 4.57 Å². The molecule has 3 nitrogen and oxygen atoms in total. The lowest BCUT2D eigenvalue weighted by Gasteiger charge is -2.50. The highest BCUT2D eigenvalue weighted by Gasteiger charge is 2.41. The average Bonchev–Trinajstić information content (AvgIpc) is 2.40. The maximum Gasteiger partial charge on any atom is 0.181 e. The van der Waals surface area contributed by atoms with Crippen LogP contribution in [0, 0.1) is 5.92 Å². The van der Waals surface area contributed by atoms with Gasteiger partial charge >= 0.3 is 0 Å². The Morgan fingerprint density at radius 1 is 1.22 bits per heavy atom. The van der Waals surface area contributed by atoms with E-state index in [1.807, 2.05) is 12.3 Å². The van der Waals surface area contributed by atoms with Gasteiger partial charge in [-0.25, -0.2) is 0 Å². The number of hydrogen-bond acceptors (Lipinski definition) is 2. The summed E-state index contributed by atoms with van der Waals surface area (Å²) in [6, 6.07) is 4.39. The molecule has 0 unspecified atom stereocenters. The molecular formula is C15H20N2O. The second-order valence-electron chi connectivity index (χ2n) is 6.19. The van der Waals surface area contributed by atoms with E-state index in [1.165, 1.54) is 44.5 Å². The first-order valence-electron chi connectivity index (χ1n) is 7.26. The van der Waals surface area contributed by atoms with Crippen molar-refractivity contribution in [3.8, 4) is 0 Å². The smallest absolute Gasteiger partial charge is 0.181 e. The summed E-state index contributed by atoms with van der Waals surface area (Å²) >= 11 is 0. The van der Waals surface area contributed by atoms with Crippen molar-refractivity contribution >= 4 is 0 Å². The van der Waals surface area contributed by atoms with E-state index in [9.17, 15) is 4.79 Å². The molecular weight excluding hydrogens is 224 g/mol. The van der Waals surface area contributed by atoms with Gasteiger partial charge in [-0.05, 0) is 31.7 Å². The Morgan fingerprint density at radius 3 is 3.11 bits per heavy atom. The fourth-order valence-electron chi connectivity index (χ4n) is 4.37. The highest BCUT2D eigenvalue weighted by atomic mass is 16.1. The van der Waals surface area contributed by atoms with E-state index in [-0.39, 0.29) is 5.43 Å². The van der Waals surface area contributed by atoms with E-state index in [4.69, 9.17) is 0 Å². The molecule has 3 aliphatic rings. The Labute approximate surface area is 107 Å². The molecule has 0 radical (unpaired) electrons. The van der Waals surface area contributed by atoms with Crippen LogP contribution in [0.5, 0.6) is 0 Å². The highest BCUT2D eigenvalue weighted by Crippen LogP contribution is 2.41. The van der Waals surface area contributed by atoms with E-state index in [1.54, 1.807) is 6.07 Å². The first kappa shape index (κ1) is 10.8. The zero-order valence-electron chi connectivity index (χ0n) is 10.7.